The van der Waals surface area contributed by atoms with E-state index in [2.05, 4.69) is 75.0 Å². The summed E-state index contributed by atoms with van der Waals surface area (Å²) in [5.74, 6) is 1.75. The van der Waals surface area contributed by atoms with Crippen molar-refractivity contribution in [3.63, 3.8) is 0 Å². The molecule has 0 bridgehead atoms. The molecule has 1 saturated heterocycles. The maximum Gasteiger partial charge on any atom is 0.123 e. The predicted molar refractivity (Wildman–Crippen MR) is 108 cm³/mol. The number of nitrogens with zero attached hydrogens (tertiary/aromatic N) is 4. The first-order valence-corrected chi connectivity index (χ1v) is 10.0. The van der Waals surface area contributed by atoms with Gasteiger partial charge in [0.15, 0.2) is 0 Å². The number of nitrogens with one attached hydrogen (secondary N) is 1. The maximum atomic E-state index is 4.57. The number of piperidine rings is 1. The van der Waals surface area contributed by atoms with Gasteiger partial charge in [0.25, 0.3) is 0 Å². The second-order valence-electron chi connectivity index (χ2n) is 7.87. The minimum Gasteiger partial charge on any atom is -0.331 e. The van der Waals surface area contributed by atoms with Crippen LogP contribution in [0.1, 0.15) is 61.3 Å². The molecule has 1 N–H and O–H groups in total. The summed E-state index contributed by atoms with van der Waals surface area (Å²) in [5.41, 5.74) is 4.02. The molecule has 0 radical (unpaired) electrons. The van der Waals surface area contributed by atoms with Crippen LogP contribution in [0.5, 0.6) is 0 Å². The van der Waals surface area contributed by atoms with Gasteiger partial charge in [0, 0.05) is 36.5 Å². The summed E-state index contributed by atoms with van der Waals surface area (Å²) in [7, 11) is 0. The smallest absolute Gasteiger partial charge is 0.123 e. The minimum atomic E-state index is 0.463. The SMILES string of the molecule is CC(C)n1ccnc1CN1CCC(c2[nH]ncc2Cc2ccccc2)CC1. The summed E-state index contributed by atoms with van der Waals surface area (Å²) in [6, 6.07) is 11.1. The number of imidazole rings is 1. The quantitative estimate of drug-likeness (QED) is 0.715. The maximum absolute atomic E-state index is 4.57. The molecule has 3 heterocycles. The van der Waals surface area contributed by atoms with Crippen molar-refractivity contribution < 1.29 is 0 Å². The Hall–Kier alpha value is -2.40. The molecule has 1 aromatic carbocycles. The predicted octanol–water partition coefficient (Wildman–Crippen LogP) is 4.16. The molecule has 1 aliphatic heterocycles. The number of aromatic nitrogens is 4. The summed E-state index contributed by atoms with van der Waals surface area (Å²) < 4.78 is 2.28. The fourth-order valence-corrected chi connectivity index (χ4v) is 4.15. The normalized spacial score (nSPS) is 16.3. The van der Waals surface area contributed by atoms with Gasteiger partial charge in [-0.2, -0.15) is 5.10 Å². The van der Waals surface area contributed by atoms with E-state index < -0.39 is 0 Å². The highest BCUT2D eigenvalue weighted by atomic mass is 15.2. The number of rotatable bonds is 6. The average Bonchev–Trinajstić information content (AvgIpc) is 3.33. The van der Waals surface area contributed by atoms with Crippen molar-refractivity contribution in [3.05, 3.63) is 71.6 Å². The largest absolute Gasteiger partial charge is 0.331 e. The second-order valence-corrected chi connectivity index (χ2v) is 7.87. The van der Waals surface area contributed by atoms with Crippen LogP contribution in [-0.4, -0.2) is 37.7 Å². The van der Waals surface area contributed by atoms with Crippen LogP contribution in [0.2, 0.25) is 0 Å². The number of hydrogen-bond donors (Lipinski definition) is 1. The molecule has 0 spiro atoms. The van der Waals surface area contributed by atoms with Gasteiger partial charge in [0.2, 0.25) is 0 Å². The third-order valence-electron chi connectivity index (χ3n) is 5.65. The molecule has 0 amide bonds. The summed E-state index contributed by atoms with van der Waals surface area (Å²) in [5, 5.41) is 7.65. The summed E-state index contributed by atoms with van der Waals surface area (Å²) in [6.45, 7) is 7.59. The fraction of sp³-hybridized carbons (Fsp3) is 0.455. The summed E-state index contributed by atoms with van der Waals surface area (Å²) in [4.78, 5) is 7.10. The van der Waals surface area contributed by atoms with Crippen molar-refractivity contribution in [3.8, 4) is 0 Å². The molecule has 142 valence electrons. The molecule has 0 saturated carbocycles. The third kappa shape index (κ3) is 4.14. The van der Waals surface area contributed by atoms with Crippen LogP contribution in [0.3, 0.4) is 0 Å². The molecule has 5 heteroatoms. The Balaban J connectivity index is 1.37. The van der Waals surface area contributed by atoms with Crippen LogP contribution in [-0.2, 0) is 13.0 Å². The zero-order valence-corrected chi connectivity index (χ0v) is 16.3. The third-order valence-corrected chi connectivity index (χ3v) is 5.65. The first-order valence-electron chi connectivity index (χ1n) is 10.0. The topological polar surface area (TPSA) is 49.7 Å². The molecule has 4 rings (SSSR count). The van der Waals surface area contributed by atoms with Crippen molar-refractivity contribution in [1.29, 1.82) is 0 Å². The Morgan fingerprint density at radius 1 is 1.15 bits per heavy atom. The van der Waals surface area contributed by atoms with Gasteiger partial charge in [0.05, 0.1) is 12.7 Å². The van der Waals surface area contributed by atoms with E-state index in [0.717, 1.165) is 26.1 Å². The van der Waals surface area contributed by atoms with E-state index in [0.29, 0.717) is 12.0 Å². The van der Waals surface area contributed by atoms with Gasteiger partial charge in [0.1, 0.15) is 5.82 Å². The van der Waals surface area contributed by atoms with Crippen LogP contribution >= 0.6 is 0 Å². The average molecular weight is 364 g/mol. The summed E-state index contributed by atoms with van der Waals surface area (Å²) in [6.07, 6.45) is 9.32. The molecule has 0 unspecified atom stereocenters. The number of hydrogen-bond acceptors (Lipinski definition) is 3. The Morgan fingerprint density at radius 3 is 2.67 bits per heavy atom. The zero-order chi connectivity index (χ0) is 18.6. The van der Waals surface area contributed by atoms with Gasteiger partial charge >= 0.3 is 0 Å². The standard InChI is InChI=1S/C22H29N5/c1-17(2)27-13-10-23-21(27)16-26-11-8-19(9-12-26)22-20(15-24-25-22)14-18-6-4-3-5-7-18/h3-7,10,13,15,17,19H,8-9,11-12,14,16H2,1-2H3,(H,24,25). The van der Waals surface area contributed by atoms with Gasteiger partial charge in [-0.1, -0.05) is 30.3 Å². The van der Waals surface area contributed by atoms with Gasteiger partial charge < -0.3 is 4.57 Å². The molecule has 1 aliphatic rings. The van der Waals surface area contributed by atoms with Crippen molar-refractivity contribution in [1.82, 2.24) is 24.6 Å². The first kappa shape index (κ1) is 18.0. The van der Waals surface area contributed by atoms with Crippen LogP contribution in [0.15, 0.2) is 48.9 Å². The molecule has 27 heavy (non-hydrogen) atoms. The highest BCUT2D eigenvalue weighted by Crippen LogP contribution is 2.30. The highest BCUT2D eigenvalue weighted by molar-refractivity contribution is 5.29. The van der Waals surface area contributed by atoms with E-state index >= 15 is 0 Å². The molecule has 0 atom stereocenters. The molecule has 5 nitrogen and oxygen atoms in total. The highest BCUT2D eigenvalue weighted by Gasteiger charge is 2.24. The van der Waals surface area contributed by atoms with E-state index in [1.807, 2.05) is 12.4 Å². The lowest BCUT2D eigenvalue weighted by atomic mass is 9.90. The number of likely N-dealkylation sites (tertiary alicyclic amines) is 1. The molecule has 0 aliphatic carbocycles. The van der Waals surface area contributed by atoms with Crippen molar-refractivity contribution in [2.45, 2.75) is 51.6 Å². The van der Waals surface area contributed by atoms with Crippen LogP contribution in [0.4, 0.5) is 0 Å². The van der Waals surface area contributed by atoms with Crippen molar-refractivity contribution >= 4 is 0 Å². The molecular formula is C22H29N5. The van der Waals surface area contributed by atoms with Crippen LogP contribution in [0.25, 0.3) is 0 Å². The Bertz CT molecular complexity index is 840. The fourth-order valence-electron chi connectivity index (χ4n) is 4.15. The molecule has 3 aromatic rings. The minimum absolute atomic E-state index is 0.463. The Morgan fingerprint density at radius 2 is 1.93 bits per heavy atom. The summed E-state index contributed by atoms with van der Waals surface area (Å²) >= 11 is 0. The lowest BCUT2D eigenvalue weighted by molar-refractivity contribution is 0.195. The number of benzene rings is 1. The Kier molecular flexibility index (Phi) is 5.39. The second kappa shape index (κ2) is 8.09. The molecule has 1 fully saturated rings. The van der Waals surface area contributed by atoms with E-state index in [4.69, 9.17) is 0 Å². The monoisotopic (exact) mass is 363 g/mol. The lowest BCUT2D eigenvalue weighted by Gasteiger charge is -2.32. The molecular weight excluding hydrogens is 334 g/mol. The van der Waals surface area contributed by atoms with Crippen LogP contribution < -0.4 is 0 Å². The van der Waals surface area contributed by atoms with Gasteiger partial charge in [-0.25, -0.2) is 4.98 Å². The Labute approximate surface area is 161 Å². The number of H-pyrrole nitrogens is 1. The number of aromatic amines is 1. The van der Waals surface area contributed by atoms with Gasteiger partial charge in [-0.15, -0.1) is 0 Å². The van der Waals surface area contributed by atoms with Crippen LogP contribution in [0, 0.1) is 0 Å². The van der Waals surface area contributed by atoms with E-state index in [9.17, 15) is 0 Å². The van der Waals surface area contributed by atoms with Gasteiger partial charge in [-0.3, -0.25) is 10.00 Å². The first-order chi connectivity index (χ1) is 13.2. The van der Waals surface area contributed by atoms with E-state index in [1.165, 1.54) is 35.5 Å². The zero-order valence-electron chi connectivity index (χ0n) is 16.3. The molecule has 2 aromatic heterocycles. The van der Waals surface area contributed by atoms with Crippen molar-refractivity contribution in [2.75, 3.05) is 13.1 Å². The van der Waals surface area contributed by atoms with E-state index in [-0.39, 0.29) is 0 Å². The van der Waals surface area contributed by atoms with Crippen molar-refractivity contribution in [2.24, 2.45) is 0 Å². The van der Waals surface area contributed by atoms with E-state index in [1.54, 1.807) is 0 Å². The van der Waals surface area contributed by atoms with Gasteiger partial charge in [-0.05, 0) is 50.9 Å². The lowest BCUT2D eigenvalue weighted by Crippen LogP contribution is -2.33.